The van der Waals surface area contributed by atoms with Gasteiger partial charge in [0.1, 0.15) is 17.3 Å². The maximum atomic E-state index is 11.7. The predicted octanol–water partition coefficient (Wildman–Crippen LogP) is 5.33. The Kier molecular flexibility index (Phi) is 4.98. The fourth-order valence-corrected chi connectivity index (χ4v) is 3.58. The summed E-state index contributed by atoms with van der Waals surface area (Å²) >= 11 is 0. The predicted molar refractivity (Wildman–Crippen MR) is 123 cm³/mol. The van der Waals surface area contributed by atoms with Gasteiger partial charge in [0.2, 0.25) is 0 Å². The van der Waals surface area contributed by atoms with Crippen LogP contribution < -0.4 is 4.74 Å². The van der Waals surface area contributed by atoms with Gasteiger partial charge in [0.15, 0.2) is 0 Å². The first-order valence-corrected chi connectivity index (χ1v) is 10.1. The molecule has 0 aliphatic heterocycles. The zero-order valence-electron chi connectivity index (χ0n) is 17.7. The number of nitro groups is 2. The number of nitrogens with one attached hydrogen (secondary N) is 1. The minimum absolute atomic E-state index is 0.00232. The summed E-state index contributed by atoms with van der Waals surface area (Å²) in [4.78, 5) is 29.2. The Bertz CT molecular complexity index is 1540. The third kappa shape index (κ3) is 3.71. The number of aromatic nitrogens is 4. The van der Waals surface area contributed by atoms with Crippen LogP contribution >= 0.6 is 0 Å². The Labute approximate surface area is 191 Å². The van der Waals surface area contributed by atoms with Gasteiger partial charge in [0.05, 0.1) is 26.6 Å². The van der Waals surface area contributed by atoms with E-state index in [1.807, 2.05) is 6.07 Å². The number of ether oxygens (including phenoxy) is 1. The maximum absolute atomic E-state index is 11.7. The third-order valence-electron chi connectivity index (χ3n) is 5.19. The number of non-ortho nitro benzene ring substituents is 1. The average Bonchev–Trinajstić information content (AvgIpc) is 3.40. The smallest absolute Gasteiger partial charge is 0.354 e. The topological polar surface area (TPSA) is 142 Å². The van der Waals surface area contributed by atoms with Crippen molar-refractivity contribution in [2.75, 3.05) is 0 Å². The summed E-state index contributed by atoms with van der Waals surface area (Å²) < 4.78 is 7.32. The molecule has 0 saturated heterocycles. The number of fused-ring (bicyclic) bond motifs is 1. The van der Waals surface area contributed by atoms with E-state index < -0.39 is 9.85 Å². The van der Waals surface area contributed by atoms with Gasteiger partial charge in [-0.25, -0.2) is 4.98 Å². The number of nitro benzene ring substituents is 1. The Hall–Kier alpha value is -5.06. The van der Waals surface area contributed by atoms with Gasteiger partial charge in [0, 0.05) is 17.7 Å². The van der Waals surface area contributed by atoms with Crippen molar-refractivity contribution in [3.63, 3.8) is 0 Å². The molecule has 0 amide bonds. The molecule has 168 valence electrons. The summed E-state index contributed by atoms with van der Waals surface area (Å²) in [6.07, 6.45) is 0. The molecule has 1 N–H and O–H groups in total. The Morgan fingerprint density at radius 1 is 0.941 bits per heavy atom. The number of para-hydroxylation sites is 1. The molecule has 0 fully saturated rings. The molecule has 5 rings (SSSR count). The molecule has 0 aliphatic carbocycles. The lowest BCUT2D eigenvalue weighted by Crippen LogP contribution is -2.00. The largest absolute Gasteiger partial charge is 0.434 e. The van der Waals surface area contributed by atoms with Gasteiger partial charge in [-0.3, -0.25) is 20.2 Å². The molecule has 2 heterocycles. The highest BCUT2D eigenvalue weighted by Crippen LogP contribution is 2.36. The van der Waals surface area contributed by atoms with Crippen molar-refractivity contribution >= 4 is 22.4 Å². The molecule has 3 aromatic carbocycles. The van der Waals surface area contributed by atoms with Gasteiger partial charge in [-0.2, -0.15) is 9.78 Å². The van der Waals surface area contributed by atoms with Gasteiger partial charge >= 0.3 is 11.6 Å². The number of aryl methyl sites for hydroxylation is 1. The lowest BCUT2D eigenvalue weighted by Gasteiger charge is -2.09. The number of H-pyrrole nitrogens is 1. The van der Waals surface area contributed by atoms with Crippen molar-refractivity contribution in [2.45, 2.75) is 6.92 Å². The first-order valence-electron chi connectivity index (χ1n) is 10.1. The molecule has 11 heteroatoms. The van der Waals surface area contributed by atoms with Crippen molar-refractivity contribution in [2.24, 2.45) is 0 Å². The second kappa shape index (κ2) is 8.13. The normalized spacial score (nSPS) is 11.0. The van der Waals surface area contributed by atoms with Crippen molar-refractivity contribution in [1.82, 2.24) is 19.7 Å². The average molecular weight is 456 g/mol. The summed E-state index contributed by atoms with van der Waals surface area (Å²) in [5, 5.41) is 27.0. The number of aromatic amines is 1. The van der Waals surface area contributed by atoms with Crippen molar-refractivity contribution in [3.05, 3.63) is 98.7 Å². The maximum Gasteiger partial charge on any atom is 0.354 e. The highest BCUT2D eigenvalue weighted by atomic mass is 16.6. The molecule has 11 nitrogen and oxygen atoms in total. The van der Waals surface area contributed by atoms with E-state index in [0.29, 0.717) is 33.9 Å². The quantitative estimate of drug-likeness (QED) is 0.269. The summed E-state index contributed by atoms with van der Waals surface area (Å²) in [5.74, 6) is 0.895. The van der Waals surface area contributed by atoms with E-state index in [0.717, 1.165) is 0 Å². The lowest BCUT2D eigenvalue weighted by molar-refractivity contribution is -0.386. The van der Waals surface area contributed by atoms with E-state index in [2.05, 4.69) is 15.1 Å². The number of benzene rings is 3. The van der Waals surface area contributed by atoms with E-state index in [1.54, 1.807) is 61.5 Å². The van der Waals surface area contributed by atoms with Crippen LogP contribution in [0, 0.1) is 27.2 Å². The van der Waals surface area contributed by atoms with Gasteiger partial charge in [-0.05, 0) is 49.4 Å². The molecular weight excluding hydrogens is 440 g/mol. The molecule has 0 spiro atoms. The van der Waals surface area contributed by atoms with Crippen molar-refractivity contribution in [3.8, 4) is 28.7 Å². The van der Waals surface area contributed by atoms with E-state index in [-0.39, 0.29) is 22.9 Å². The van der Waals surface area contributed by atoms with Crippen molar-refractivity contribution in [1.29, 1.82) is 0 Å². The summed E-state index contributed by atoms with van der Waals surface area (Å²) in [6, 6.07) is 20.2. The van der Waals surface area contributed by atoms with E-state index in [1.165, 1.54) is 16.8 Å². The highest BCUT2D eigenvalue weighted by molar-refractivity contribution is 5.81. The van der Waals surface area contributed by atoms with Crippen LogP contribution in [0.25, 0.3) is 28.1 Å². The molecule has 0 atom stereocenters. The SMILES string of the molecule is Cc1nn(-c2ccccc2)c(Oc2ccc(-c3nc4ccc([N+](=O)[O-])cc4[nH]3)cc2)c1[N+](=O)[O-]. The molecule has 2 aromatic heterocycles. The van der Waals surface area contributed by atoms with E-state index >= 15 is 0 Å². The molecule has 0 bridgehead atoms. The summed E-state index contributed by atoms with van der Waals surface area (Å²) in [6.45, 7) is 1.56. The van der Waals surface area contributed by atoms with Gasteiger partial charge < -0.3 is 9.72 Å². The summed E-state index contributed by atoms with van der Waals surface area (Å²) in [5.41, 5.74) is 2.47. The Morgan fingerprint density at radius 2 is 1.68 bits per heavy atom. The highest BCUT2D eigenvalue weighted by Gasteiger charge is 2.28. The molecule has 0 radical (unpaired) electrons. The first-order chi connectivity index (χ1) is 16.4. The van der Waals surface area contributed by atoms with Crippen LogP contribution in [0.5, 0.6) is 11.6 Å². The fourth-order valence-electron chi connectivity index (χ4n) is 3.58. The van der Waals surface area contributed by atoms with E-state index in [4.69, 9.17) is 4.74 Å². The standard InChI is InChI=1S/C23H16N6O5/c1-14-21(29(32)33)23(27(26-14)16-5-3-2-4-6-16)34-18-10-7-15(8-11-18)22-24-19-12-9-17(28(30)31)13-20(19)25-22/h2-13H,1H3,(H,24,25). The second-order valence-electron chi connectivity index (χ2n) is 7.41. The lowest BCUT2D eigenvalue weighted by atomic mass is 10.2. The zero-order chi connectivity index (χ0) is 23.8. The number of hydrogen-bond acceptors (Lipinski definition) is 7. The minimum atomic E-state index is -0.515. The first kappa shape index (κ1) is 20.8. The van der Waals surface area contributed by atoms with Gasteiger partial charge in [-0.15, -0.1) is 0 Å². The molecule has 5 aromatic rings. The Morgan fingerprint density at radius 3 is 2.35 bits per heavy atom. The third-order valence-corrected chi connectivity index (χ3v) is 5.19. The Balaban J connectivity index is 1.48. The van der Waals surface area contributed by atoms with Crippen LogP contribution in [-0.4, -0.2) is 29.6 Å². The van der Waals surface area contributed by atoms with Crippen LogP contribution in [0.3, 0.4) is 0 Å². The van der Waals surface area contributed by atoms with Crippen LogP contribution in [0.2, 0.25) is 0 Å². The number of hydrogen-bond donors (Lipinski definition) is 1. The van der Waals surface area contributed by atoms with Crippen LogP contribution in [0.4, 0.5) is 11.4 Å². The molecular formula is C23H16N6O5. The monoisotopic (exact) mass is 456 g/mol. The molecule has 0 saturated carbocycles. The van der Waals surface area contributed by atoms with E-state index in [9.17, 15) is 20.2 Å². The molecule has 0 aliphatic rings. The van der Waals surface area contributed by atoms with Crippen LogP contribution in [-0.2, 0) is 0 Å². The number of rotatable bonds is 6. The minimum Gasteiger partial charge on any atom is -0.434 e. The summed E-state index contributed by atoms with van der Waals surface area (Å²) in [7, 11) is 0. The molecule has 34 heavy (non-hydrogen) atoms. The van der Waals surface area contributed by atoms with Gasteiger partial charge in [0.25, 0.3) is 5.69 Å². The van der Waals surface area contributed by atoms with Crippen molar-refractivity contribution < 1.29 is 14.6 Å². The number of imidazole rings is 1. The number of nitrogens with zero attached hydrogens (tertiary/aromatic N) is 5. The molecule has 0 unspecified atom stereocenters. The van der Waals surface area contributed by atoms with Gasteiger partial charge in [-0.1, -0.05) is 18.2 Å². The second-order valence-corrected chi connectivity index (χ2v) is 7.41. The fraction of sp³-hybridized carbons (Fsp3) is 0.0435. The van der Waals surface area contributed by atoms with Crippen LogP contribution in [0.15, 0.2) is 72.8 Å². The van der Waals surface area contributed by atoms with Crippen LogP contribution in [0.1, 0.15) is 5.69 Å². The zero-order valence-corrected chi connectivity index (χ0v) is 17.7.